The van der Waals surface area contributed by atoms with Gasteiger partial charge in [-0.05, 0) is 25.1 Å². The molecule has 1 unspecified atom stereocenters. The van der Waals surface area contributed by atoms with E-state index in [2.05, 4.69) is 5.32 Å². The van der Waals surface area contributed by atoms with Crippen molar-refractivity contribution < 1.29 is 14.2 Å². The smallest absolute Gasteiger partial charge is 0.123 e. The highest BCUT2D eigenvalue weighted by molar-refractivity contribution is 5.34. The van der Waals surface area contributed by atoms with Crippen molar-refractivity contribution in [2.45, 2.75) is 13.0 Å². The third-order valence-corrected chi connectivity index (χ3v) is 2.21. The Morgan fingerprint density at radius 1 is 1.53 bits per heavy atom. The van der Waals surface area contributed by atoms with Gasteiger partial charge in [0.2, 0.25) is 0 Å². The summed E-state index contributed by atoms with van der Waals surface area (Å²) in [4.78, 5) is 0. The molecule has 0 fully saturated rings. The Labute approximate surface area is 88.9 Å². The fourth-order valence-electron chi connectivity index (χ4n) is 1.36. The second-order valence-corrected chi connectivity index (χ2v) is 3.37. The molecule has 1 atom stereocenters. The van der Waals surface area contributed by atoms with Gasteiger partial charge in [0.1, 0.15) is 11.6 Å². The highest BCUT2D eigenvalue weighted by Crippen LogP contribution is 2.24. The quantitative estimate of drug-likeness (QED) is 0.733. The van der Waals surface area contributed by atoms with Gasteiger partial charge in [0, 0.05) is 25.3 Å². The third kappa shape index (κ3) is 3.49. The molecule has 3 nitrogen and oxygen atoms in total. The van der Waals surface area contributed by atoms with Crippen LogP contribution in [0.3, 0.4) is 0 Å². The van der Waals surface area contributed by atoms with Crippen LogP contribution in [0.25, 0.3) is 0 Å². The Hall–Kier alpha value is -1.13. The van der Waals surface area contributed by atoms with E-state index in [-0.39, 0.29) is 17.6 Å². The lowest BCUT2D eigenvalue weighted by atomic mass is 10.1. The van der Waals surface area contributed by atoms with E-state index in [1.807, 2.05) is 6.92 Å². The maximum absolute atomic E-state index is 12.9. The number of benzene rings is 1. The fourth-order valence-corrected chi connectivity index (χ4v) is 1.36. The van der Waals surface area contributed by atoms with Crippen LogP contribution in [0, 0.1) is 5.82 Å². The van der Waals surface area contributed by atoms with Crippen LogP contribution in [0.15, 0.2) is 18.2 Å². The van der Waals surface area contributed by atoms with Gasteiger partial charge in [-0.3, -0.25) is 0 Å². The van der Waals surface area contributed by atoms with Crippen molar-refractivity contribution in [1.82, 2.24) is 5.32 Å². The summed E-state index contributed by atoms with van der Waals surface area (Å²) in [5.74, 6) is -0.239. The molecule has 0 aromatic heterocycles. The summed E-state index contributed by atoms with van der Waals surface area (Å²) in [7, 11) is 1.62. The number of halogens is 1. The van der Waals surface area contributed by atoms with Crippen molar-refractivity contribution in [3.8, 4) is 5.75 Å². The molecule has 84 valence electrons. The lowest BCUT2D eigenvalue weighted by molar-refractivity contribution is 0.196. The fraction of sp³-hybridized carbons (Fsp3) is 0.455. The second kappa shape index (κ2) is 5.68. The molecule has 1 aromatic rings. The zero-order valence-corrected chi connectivity index (χ0v) is 8.96. The molecule has 1 rings (SSSR count). The van der Waals surface area contributed by atoms with E-state index < -0.39 is 0 Å². The summed E-state index contributed by atoms with van der Waals surface area (Å²) >= 11 is 0. The Bertz CT molecular complexity index is 317. The monoisotopic (exact) mass is 213 g/mol. The van der Waals surface area contributed by atoms with Gasteiger partial charge in [-0.15, -0.1) is 0 Å². The standard InChI is InChI=1S/C11H16FNO2/c1-8(13-5-6-15-2)10-7-9(12)3-4-11(10)14/h3-4,7-8,13-14H,5-6H2,1-2H3. The number of hydrogen-bond acceptors (Lipinski definition) is 3. The SMILES string of the molecule is COCCNC(C)c1cc(F)ccc1O. The predicted octanol–water partition coefficient (Wildman–Crippen LogP) is 1.83. The van der Waals surface area contributed by atoms with E-state index in [1.54, 1.807) is 7.11 Å². The minimum Gasteiger partial charge on any atom is -0.508 e. The Morgan fingerprint density at radius 2 is 2.27 bits per heavy atom. The van der Waals surface area contributed by atoms with Crippen LogP contribution in [0.1, 0.15) is 18.5 Å². The molecule has 0 saturated carbocycles. The van der Waals surface area contributed by atoms with E-state index in [0.29, 0.717) is 18.7 Å². The van der Waals surface area contributed by atoms with Crippen LogP contribution in [-0.2, 0) is 4.74 Å². The van der Waals surface area contributed by atoms with Crippen LogP contribution in [0.5, 0.6) is 5.75 Å². The van der Waals surface area contributed by atoms with Crippen molar-refractivity contribution in [3.63, 3.8) is 0 Å². The summed E-state index contributed by atoms with van der Waals surface area (Å²) in [5, 5.41) is 12.6. The molecule has 0 bridgehead atoms. The second-order valence-electron chi connectivity index (χ2n) is 3.37. The molecule has 0 spiro atoms. The van der Waals surface area contributed by atoms with Gasteiger partial charge < -0.3 is 15.2 Å². The molecule has 15 heavy (non-hydrogen) atoms. The number of aromatic hydroxyl groups is 1. The number of rotatable bonds is 5. The Kier molecular flexibility index (Phi) is 4.52. The van der Waals surface area contributed by atoms with E-state index in [0.717, 1.165) is 0 Å². The predicted molar refractivity (Wildman–Crippen MR) is 56.4 cm³/mol. The van der Waals surface area contributed by atoms with Gasteiger partial charge in [0.15, 0.2) is 0 Å². The zero-order valence-electron chi connectivity index (χ0n) is 8.96. The number of phenolic OH excluding ortho intramolecular Hbond substituents is 1. The molecule has 0 heterocycles. The normalized spacial score (nSPS) is 12.7. The van der Waals surface area contributed by atoms with Gasteiger partial charge in [0.25, 0.3) is 0 Å². The number of phenols is 1. The number of nitrogens with one attached hydrogen (secondary N) is 1. The summed E-state index contributed by atoms with van der Waals surface area (Å²) < 4.78 is 17.8. The highest BCUT2D eigenvalue weighted by Gasteiger charge is 2.10. The van der Waals surface area contributed by atoms with Gasteiger partial charge in [-0.1, -0.05) is 0 Å². The molecule has 0 aliphatic carbocycles. The van der Waals surface area contributed by atoms with Crippen molar-refractivity contribution >= 4 is 0 Å². The first kappa shape index (κ1) is 11.9. The van der Waals surface area contributed by atoms with Crippen molar-refractivity contribution in [2.24, 2.45) is 0 Å². The van der Waals surface area contributed by atoms with Gasteiger partial charge in [-0.2, -0.15) is 0 Å². The minimum atomic E-state index is -0.344. The number of hydrogen-bond donors (Lipinski definition) is 2. The number of ether oxygens (including phenoxy) is 1. The van der Waals surface area contributed by atoms with Crippen LogP contribution >= 0.6 is 0 Å². The van der Waals surface area contributed by atoms with Gasteiger partial charge in [-0.25, -0.2) is 4.39 Å². The molecule has 1 aromatic carbocycles. The first-order valence-electron chi connectivity index (χ1n) is 4.86. The van der Waals surface area contributed by atoms with Crippen LogP contribution in [0.2, 0.25) is 0 Å². The average Bonchev–Trinajstić information content (AvgIpc) is 2.22. The molecular formula is C11H16FNO2. The van der Waals surface area contributed by atoms with E-state index in [4.69, 9.17) is 4.74 Å². The Morgan fingerprint density at radius 3 is 2.93 bits per heavy atom. The lowest BCUT2D eigenvalue weighted by Crippen LogP contribution is -2.23. The van der Waals surface area contributed by atoms with E-state index >= 15 is 0 Å². The maximum Gasteiger partial charge on any atom is 0.123 e. The van der Waals surface area contributed by atoms with Crippen LogP contribution in [-0.4, -0.2) is 25.4 Å². The van der Waals surface area contributed by atoms with Crippen LogP contribution in [0.4, 0.5) is 4.39 Å². The lowest BCUT2D eigenvalue weighted by Gasteiger charge is -2.15. The topological polar surface area (TPSA) is 41.5 Å². The summed E-state index contributed by atoms with van der Waals surface area (Å²) in [5.41, 5.74) is 0.561. The van der Waals surface area contributed by atoms with Crippen molar-refractivity contribution in [2.75, 3.05) is 20.3 Å². The number of methoxy groups -OCH3 is 1. The average molecular weight is 213 g/mol. The minimum absolute atomic E-state index is 0.101. The van der Waals surface area contributed by atoms with E-state index in [9.17, 15) is 9.50 Å². The molecular weight excluding hydrogens is 197 g/mol. The largest absolute Gasteiger partial charge is 0.508 e. The summed E-state index contributed by atoms with van der Waals surface area (Å²) in [6.07, 6.45) is 0. The maximum atomic E-state index is 12.9. The van der Waals surface area contributed by atoms with Gasteiger partial charge >= 0.3 is 0 Å². The molecule has 0 radical (unpaired) electrons. The Balaban J connectivity index is 2.64. The molecule has 0 aliphatic rings. The molecule has 0 aliphatic heterocycles. The van der Waals surface area contributed by atoms with Crippen molar-refractivity contribution in [3.05, 3.63) is 29.6 Å². The van der Waals surface area contributed by atoms with E-state index in [1.165, 1.54) is 18.2 Å². The molecule has 0 saturated heterocycles. The van der Waals surface area contributed by atoms with Gasteiger partial charge in [0.05, 0.1) is 6.61 Å². The highest BCUT2D eigenvalue weighted by atomic mass is 19.1. The summed E-state index contributed by atoms with van der Waals surface area (Å²) in [6.45, 7) is 3.11. The molecule has 2 N–H and O–H groups in total. The van der Waals surface area contributed by atoms with Crippen molar-refractivity contribution in [1.29, 1.82) is 0 Å². The summed E-state index contributed by atoms with van der Waals surface area (Å²) in [6, 6.07) is 3.83. The zero-order chi connectivity index (χ0) is 11.3. The first-order valence-corrected chi connectivity index (χ1v) is 4.86. The third-order valence-electron chi connectivity index (χ3n) is 2.21. The molecule has 0 amide bonds. The molecule has 4 heteroatoms. The van der Waals surface area contributed by atoms with Crippen LogP contribution < -0.4 is 5.32 Å². The first-order chi connectivity index (χ1) is 7.15.